The van der Waals surface area contributed by atoms with E-state index in [1.165, 1.54) is 17.3 Å². The largest absolute Gasteiger partial charge is 0.435 e. The molecule has 1 saturated heterocycles. The highest BCUT2D eigenvalue weighted by Gasteiger charge is 2.45. The standard InChI is InChI=1S/C24H26F3N7O/c1-13-14(3-6-20(29-13)33-8-15-7-16(15)9-33)10-34-11-17(22(31-34)24(25,26)27)23(35)30-18-4-5-19-21(18)28-12-32(19)2/h3,6,11-12,15-16,18H,4-5,7-10H2,1-2H3,(H,30,35)/t15?,16?,18-/m1/s1. The number of aromatic nitrogens is 5. The van der Waals surface area contributed by atoms with Crippen molar-refractivity contribution in [1.29, 1.82) is 0 Å². The number of carbonyl (C=O) groups excluding carboxylic acids is 1. The Morgan fingerprint density at radius 3 is 2.71 bits per heavy atom. The Hall–Kier alpha value is -3.37. The molecule has 6 rings (SSSR count). The number of anilines is 1. The Labute approximate surface area is 200 Å². The first-order valence-electron chi connectivity index (χ1n) is 11.8. The first-order chi connectivity index (χ1) is 16.7. The number of carbonyl (C=O) groups is 1. The quantitative estimate of drug-likeness (QED) is 0.600. The lowest BCUT2D eigenvalue weighted by Crippen LogP contribution is -2.29. The number of nitrogens with zero attached hydrogens (tertiary/aromatic N) is 6. The Bertz CT molecular complexity index is 1300. The van der Waals surface area contributed by atoms with Crippen molar-refractivity contribution in [2.45, 2.75) is 44.9 Å². The van der Waals surface area contributed by atoms with E-state index in [2.05, 4.69) is 25.3 Å². The van der Waals surface area contributed by atoms with Gasteiger partial charge in [0, 0.05) is 37.7 Å². The molecule has 3 aliphatic rings. The maximum Gasteiger partial charge on any atom is 0.435 e. The number of aryl methyl sites for hydroxylation is 2. The zero-order valence-corrected chi connectivity index (χ0v) is 19.5. The molecule has 3 atom stereocenters. The maximum absolute atomic E-state index is 13.8. The predicted octanol–water partition coefficient (Wildman–Crippen LogP) is 3.26. The van der Waals surface area contributed by atoms with Gasteiger partial charge in [0.15, 0.2) is 5.69 Å². The second kappa shape index (κ2) is 7.82. The number of piperidine rings is 1. The second-order valence-electron chi connectivity index (χ2n) is 9.91. The molecular formula is C24H26F3N7O. The summed E-state index contributed by atoms with van der Waals surface area (Å²) in [5.74, 6) is 1.66. The lowest BCUT2D eigenvalue weighted by Gasteiger charge is -2.20. The van der Waals surface area contributed by atoms with E-state index in [1.54, 1.807) is 6.33 Å². The molecule has 0 radical (unpaired) electrons. The van der Waals surface area contributed by atoms with Gasteiger partial charge in [-0.2, -0.15) is 18.3 Å². The van der Waals surface area contributed by atoms with Crippen LogP contribution in [0.2, 0.25) is 0 Å². The third kappa shape index (κ3) is 3.96. The zero-order chi connectivity index (χ0) is 24.5. The lowest BCUT2D eigenvalue weighted by atomic mass is 10.2. The van der Waals surface area contributed by atoms with Crippen molar-refractivity contribution < 1.29 is 18.0 Å². The minimum absolute atomic E-state index is 0.0918. The summed E-state index contributed by atoms with van der Waals surface area (Å²) in [6.07, 6.45) is 0.683. The van der Waals surface area contributed by atoms with Crippen LogP contribution in [0.1, 0.15) is 57.6 Å². The lowest BCUT2D eigenvalue weighted by molar-refractivity contribution is -0.141. The molecule has 1 amide bonds. The molecule has 1 saturated carbocycles. The van der Waals surface area contributed by atoms with Crippen molar-refractivity contribution in [3.05, 3.63) is 58.6 Å². The van der Waals surface area contributed by atoms with Crippen LogP contribution in [0.3, 0.4) is 0 Å². The van der Waals surface area contributed by atoms with Crippen LogP contribution in [0.25, 0.3) is 0 Å². The summed E-state index contributed by atoms with van der Waals surface area (Å²) < 4.78 is 44.3. The van der Waals surface area contributed by atoms with Crippen molar-refractivity contribution in [2.24, 2.45) is 18.9 Å². The molecule has 11 heteroatoms. The number of rotatable bonds is 5. The van der Waals surface area contributed by atoms with Crippen molar-refractivity contribution in [3.8, 4) is 0 Å². The highest BCUT2D eigenvalue weighted by Crippen LogP contribution is 2.46. The minimum atomic E-state index is -4.75. The molecule has 184 valence electrons. The number of fused-ring (bicyclic) bond motifs is 2. The van der Waals surface area contributed by atoms with E-state index < -0.39 is 29.4 Å². The summed E-state index contributed by atoms with van der Waals surface area (Å²) in [4.78, 5) is 24.2. The molecule has 35 heavy (non-hydrogen) atoms. The van der Waals surface area contributed by atoms with Gasteiger partial charge in [-0.15, -0.1) is 0 Å². The molecule has 2 fully saturated rings. The van der Waals surface area contributed by atoms with Crippen LogP contribution >= 0.6 is 0 Å². The predicted molar refractivity (Wildman–Crippen MR) is 121 cm³/mol. The van der Waals surface area contributed by atoms with E-state index in [1.807, 2.05) is 30.7 Å². The van der Waals surface area contributed by atoms with Crippen molar-refractivity contribution in [1.82, 2.24) is 29.6 Å². The van der Waals surface area contributed by atoms with Gasteiger partial charge in [-0.1, -0.05) is 6.07 Å². The van der Waals surface area contributed by atoms with Crippen molar-refractivity contribution in [3.63, 3.8) is 0 Å². The SMILES string of the molecule is Cc1nc(N2CC3CC3C2)ccc1Cn1cc(C(=O)N[C@@H]2CCc3c2ncn3C)c(C(F)(F)F)n1. The van der Waals surface area contributed by atoms with Crippen LogP contribution in [0.15, 0.2) is 24.7 Å². The van der Waals surface area contributed by atoms with Crippen LogP contribution in [0.4, 0.5) is 19.0 Å². The molecule has 0 spiro atoms. The van der Waals surface area contributed by atoms with Crippen molar-refractivity contribution in [2.75, 3.05) is 18.0 Å². The molecule has 4 heterocycles. The summed E-state index contributed by atoms with van der Waals surface area (Å²) >= 11 is 0. The number of hydrogen-bond acceptors (Lipinski definition) is 5. The van der Waals surface area contributed by atoms with Gasteiger partial charge >= 0.3 is 6.18 Å². The average Bonchev–Trinajstić information content (AvgIpc) is 3.24. The molecule has 0 bridgehead atoms. The topological polar surface area (TPSA) is 80.9 Å². The third-order valence-electron chi connectivity index (χ3n) is 7.49. The monoisotopic (exact) mass is 485 g/mol. The van der Waals surface area contributed by atoms with Crippen LogP contribution in [0.5, 0.6) is 0 Å². The average molecular weight is 486 g/mol. The summed E-state index contributed by atoms with van der Waals surface area (Å²) in [5, 5.41) is 6.48. The molecule has 0 aromatic carbocycles. The van der Waals surface area contributed by atoms with Gasteiger partial charge < -0.3 is 14.8 Å². The van der Waals surface area contributed by atoms with Gasteiger partial charge in [0.2, 0.25) is 0 Å². The number of nitrogens with one attached hydrogen (secondary N) is 1. The van der Waals surface area contributed by atoms with E-state index >= 15 is 0 Å². The van der Waals surface area contributed by atoms with E-state index in [4.69, 9.17) is 0 Å². The Morgan fingerprint density at radius 2 is 2.00 bits per heavy atom. The smallest absolute Gasteiger partial charge is 0.356 e. The Morgan fingerprint density at radius 1 is 1.23 bits per heavy atom. The summed E-state index contributed by atoms with van der Waals surface area (Å²) in [7, 11) is 1.86. The van der Waals surface area contributed by atoms with Crippen LogP contribution in [-0.2, 0) is 26.2 Å². The van der Waals surface area contributed by atoms with E-state index in [9.17, 15) is 18.0 Å². The summed E-state index contributed by atoms with van der Waals surface area (Å²) in [6, 6.07) is 3.38. The van der Waals surface area contributed by atoms with Gasteiger partial charge in [0.05, 0.1) is 30.2 Å². The minimum Gasteiger partial charge on any atom is -0.356 e. The number of hydrogen-bond donors (Lipinski definition) is 1. The molecule has 1 aliphatic heterocycles. The number of amides is 1. The first kappa shape index (κ1) is 22.1. The third-order valence-corrected chi connectivity index (χ3v) is 7.49. The highest BCUT2D eigenvalue weighted by molar-refractivity contribution is 5.95. The fourth-order valence-corrected chi connectivity index (χ4v) is 5.42. The Kier molecular flexibility index (Phi) is 4.94. The fourth-order valence-electron chi connectivity index (χ4n) is 5.42. The highest BCUT2D eigenvalue weighted by atomic mass is 19.4. The zero-order valence-electron chi connectivity index (χ0n) is 19.5. The summed E-state index contributed by atoms with van der Waals surface area (Å²) in [5.41, 5.74) is 1.52. The normalized spacial score (nSPS) is 22.9. The molecular weight excluding hydrogens is 459 g/mol. The number of imidazole rings is 1. The first-order valence-corrected chi connectivity index (χ1v) is 11.8. The molecule has 3 aromatic heterocycles. The van der Waals surface area contributed by atoms with Crippen LogP contribution < -0.4 is 10.2 Å². The molecule has 2 aliphatic carbocycles. The van der Waals surface area contributed by atoms with E-state index in [-0.39, 0.29) is 6.54 Å². The number of halogens is 3. The fraction of sp³-hybridized carbons (Fsp3) is 0.500. The molecule has 2 unspecified atom stereocenters. The second-order valence-corrected chi connectivity index (χ2v) is 9.91. The van der Waals surface area contributed by atoms with Gasteiger partial charge in [0.25, 0.3) is 5.91 Å². The van der Waals surface area contributed by atoms with Crippen LogP contribution in [-0.4, -0.2) is 43.3 Å². The van der Waals surface area contributed by atoms with Gasteiger partial charge in [0.1, 0.15) is 5.82 Å². The van der Waals surface area contributed by atoms with Crippen molar-refractivity contribution >= 4 is 11.7 Å². The van der Waals surface area contributed by atoms with Gasteiger partial charge in [-0.3, -0.25) is 9.48 Å². The molecule has 8 nitrogen and oxygen atoms in total. The number of pyridine rings is 1. The van der Waals surface area contributed by atoms with E-state index in [0.717, 1.165) is 47.7 Å². The van der Waals surface area contributed by atoms with E-state index in [0.29, 0.717) is 18.5 Å². The number of alkyl halides is 3. The maximum atomic E-state index is 13.8. The Balaban J connectivity index is 1.22. The van der Waals surface area contributed by atoms with Gasteiger partial charge in [-0.25, -0.2) is 9.97 Å². The van der Waals surface area contributed by atoms with Crippen LogP contribution in [0, 0.1) is 18.8 Å². The van der Waals surface area contributed by atoms with Gasteiger partial charge in [-0.05, 0) is 49.7 Å². The summed E-state index contributed by atoms with van der Waals surface area (Å²) in [6.45, 7) is 3.98. The molecule has 1 N–H and O–H groups in total. The molecule has 3 aromatic rings.